The molecule has 1 heterocycles. The first-order chi connectivity index (χ1) is 10.1. The average molecular weight is 299 g/mol. The van der Waals surface area contributed by atoms with E-state index in [4.69, 9.17) is 21.1 Å². The summed E-state index contributed by atoms with van der Waals surface area (Å²) >= 11 is 5.96. The third kappa shape index (κ3) is 2.69. The Morgan fingerprint density at radius 3 is 2.62 bits per heavy atom. The van der Waals surface area contributed by atoms with Gasteiger partial charge < -0.3 is 9.52 Å². The maximum absolute atomic E-state index is 11.1. The zero-order valence-corrected chi connectivity index (χ0v) is 11.7. The van der Waals surface area contributed by atoms with Gasteiger partial charge in [0.2, 0.25) is 0 Å². The number of carboxylic acid groups (broad SMARTS) is 1. The second-order valence-electron chi connectivity index (χ2n) is 4.56. The molecule has 0 saturated carbocycles. The molecule has 3 aromatic rings. The molecule has 0 bridgehead atoms. The molecule has 0 fully saturated rings. The molecule has 0 aliphatic heterocycles. The van der Waals surface area contributed by atoms with Crippen LogP contribution in [0.25, 0.3) is 16.3 Å². The summed E-state index contributed by atoms with van der Waals surface area (Å²) in [4.78, 5) is 11.1. The van der Waals surface area contributed by atoms with Crippen LogP contribution < -0.4 is 0 Å². The van der Waals surface area contributed by atoms with E-state index in [-0.39, 0.29) is 0 Å². The standard InChI is InChI=1S/C17H11ClO3/c18-13-6-7-14-12(8-13)10-21-17(14)15(9-16(19)20)11-4-2-1-3-5-11/h1-10H,(H,19,20)/b15-9+. The molecule has 0 saturated heterocycles. The van der Waals surface area contributed by atoms with Crippen LogP contribution in [0.5, 0.6) is 0 Å². The zero-order chi connectivity index (χ0) is 14.8. The molecule has 0 unspecified atom stereocenters. The summed E-state index contributed by atoms with van der Waals surface area (Å²) in [7, 11) is 0. The summed E-state index contributed by atoms with van der Waals surface area (Å²) in [6.45, 7) is 0. The van der Waals surface area contributed by atoms with Crippen molar-refractivity contribution in [2.24, 2.45) is 0 Å². The molecule has 104 valence electrons. The zero-order valence-electron chi connectivity index (χ0n) is 10.9. The molecule has 2 aromatic carbocycles. The molecular weight excluding hydrogens is 288 g/mol. The molecule has 1 N–H and O–H groups in total. The summed E-state index contributed by atoms with van der Waals surface area (Å²) in [6.07, 6.45) is 2.73. The molecule has 0 spiro atoms. The van der Waals surface area contributed by atoms with Crippen molar-refractivity contribution in [3.05, 3.63) is 77.2 Å². The summed E-state index contributed by atoms with van der Waals surface area (Å²) < 4.78 is 5.60. The molecule has 1 aromatic heterocycles. The van der Waals surface area contributed by atoms with E-state index in [2.05, 4.69) is 0 Å². The van der Waals surface area contributed by atoms with Crippen molar-refractivity contribution in [3.63, 3.8) is 0 Å². The van der Waals surface area contributed by atoms with Crippen LogP contribution in [0.3, 0.4) is 0 Å². The monoisotopic (exact) mass is 298 g/mol. The summed E-state index contributed by atoms with van der Waals surface area (Å²) in [6, 6.07) is 14.6. The number of fused-ring (bicyclic) bond motifs is 1. The number of halogens is 1. The van der Waals surface area contributed by atoms with Crippen molar-refractivity contribution in [1.82, 2.24) is 0 Å². The molecule has 3 rings (SSSR count). The minimum atomic E-state index is -1.02. The Kier molecular flexibility index (Phi) is 3.50. The van der Waals surface area contributed by atoms with Gasteiger partial charge in [0, 0.05) is 27.4 Å². The molecular formula is C17H11ClO3. The molecule has 0 aliphatic carbocycles. The number of furan rings is 1. The lowest BCUT2D eigenvalue weighted by Crippen LogP contribution is -1.94. The van der Waals surface area contributed by atoms with E-state index in [1.807, 2.05) is 36.4 Å². The minimum absolute atomic E-state index is 0.523. The minimum Gasteiger partial charge on any atom is -0.478 e. The number of hydrogen-bond donors (Lipinski definition) is 1. The van der Waals surface area contributed by atoms with Crippen molar-refractivity contribution < 1.29 is 14.3 Å². The fourth-order valence-corrected chi connectivity index (χ4v) is 2.43. The van der Waals surface area contributed by atoms with Gasteiger partial charge in [-0.25, -0.2) is 4.79 Å². The summed E-state index contributed by atoms with van der Waals surface area (Å²) in [5.41, 5.74) is 1.31. The Labute approximate surface area is 126 Å². The Balaban J connectivity index is 2.23. The lowest BCUT2D eigenvalue weighted by molar-refractivity contribution is -0.131. The largest absolute Gasteiger partial charge is 0.478 e. The second-order valence-corrected chi connectivity index (χ2v) is 5.00. The van der Waals surface area contributed by atoms with Crippen LogP contribution in [0.1, 0.15) is 11.3 Å². The molecule has 0 radical (unpaired) electrons. The first-order valence-electron chi connectivity index (χ1n) is 6.32. The number of benzene rings is 2. The summed E-state index contributed by atoms with van der Waals surface area (Å²) in [5.74, 6) is -0.498. The molecule has 0 atom stereocenters. The number of aliphatic carboxylic acids is 1. The highest BCUT2D eigenvalue weighted by atomic mass is 35.5. The van der Waals surface area contributed by atoms with Crippen LogP contribution in [0.15, 0.2) is 65.3 Å². The van der Waals surface area contributed by atoms with Crippen molar-refractivity contribution >= 4 is 33.9 Å². The first kappa shape index (κ1) is 13.5. The molecule has 0 aliphatic rings. The van der Waals surface area contributed by atoms with Gasteiger partial charge in [0.05, 0.1) is 6.26 Å². The molecule has 21 heavy (non-hydrogen) atoms. The smallest absolute Gasteiger partial charge is 0.329 e. The van der Waals surface area contributed by atoms with Crippen molar-refractivity contribution in [3.8, 4) is 0 Å². The van der Waals surface area contributed by atoms with Gasteiger partial charge >= 0.3 is 5.97 Å². The number of rotatable bonds is 3. The third-order valence-corrected chi connectivity index (χ3v) is 3.39. The maximum atomic E-state index is 11.1. The number of hydrogen-bond acceptors (Lipinski definition) is 2. The molecule has 0 amide bonds. The average Bonchev–Trinajstić information content (AvgIpc) is 2.88. The predicted molar refractivity (Wildman–Crippen MR) is 82.4 cm³/mol. The van der Waals surface area contributed by atoms with E-state index in [0.717, 1.165) is 22.4 Å². The highest BCUT2D eigenvalue weighted by Crippen LogP contribution is 2.32. The second kappa shape index (κ2) is 5.46. The van der Waals surface area contributed by atoms with Gasteiger partial charge in [-0.3, -0.25) is 0 Å². The van der Waals surface area contributed by atoms with Crippen LogP contribution in [-0.4, -0.2) is 11.1 Å². The van der Waals surface area contributed by atoms with Gasteiger partial charge in [0.1, 0.15) is 5.76 Å². The van der Waals surface area contributed by atoms with Crippen LogP contribution >= 0.6 is 11.6 Å². The molecule has 3 nitrogen and oxygen atoms in total. The van der Waals surface area contributed by atoms with E-state index in [0.29, 0.717) is 16.4 Å². The quantitative estimate of drug-likeness (QED) is 0.719. The van der Waals surface area contributed by atoms with Crippen molar-refractivity contribution in [2.75, 3.05) is 0 Å². The van der Waals surface area contributed by atoms with Gasteiger partial charge in [-0.15, -0.1) is 0 Å². The Morgan fingerprint density at radius 2 is 1.90 bits per heavy atom. The van der Waals surface area contributed by atoms with Gasteiger partial charge in [-0.1, -0.05) is 41.9 Å². The van der Waals surface area contributed by atoms with Crippen molar-refractivity contribution in [2.45, 2.75) is 0 Å². The highest BCUT2D eigenvalue weighted by molar-refractivity contribution is 6.31. The molecule has 4 heteroatoms. The normalized spacial score (nSPS) is 11.8. The van der Waals surface area contributed by atoms with E-state index in [1.165, 1.54) is 0 Å². The SMILES string of the molecule is O=C(O)/C=C(\c1ccccc1)c1occ2cc(Cl)ccc12. The van der Waals surface area contributed by atoms with Gasteiger partial charge in [0.15, 0.2) is 0 Å². The fourth-order valence-electron chi connectivity index (χ4n) is 2.25. The fraction of sp³-hybridized carbons (Fsp3) is 0. The van der Waals surface area contributed by atoms with Crippen LogP contribution in [0, 0.1) is 0 Å². The Hall–Kier alpha value is -2.52. The van der Waals surface area contributed by atoms with Gasteiger partial charge in [-0.05, 0) is 23.8 Å². The topological polar surface area (TPSA) is 50.4 Å². The van der Waals surface area contributed by atoms with Crippen LogP contribution in [-0.2, 0) is 4.79 Å². The van der Waals surface area contributed by atoms with E-state index in [9.17, 15) is 4.79 Å². The first-order valence-corrected chi connectivity index (χ1v) is 6.70. The maximum Gasteiger partial charge on any atom is 0.329 e. The Bertz CT molecular complexity index is 832. The van der Waals surface area contributed by atoms with Gasteiger partial charge in [0.25, 0.3) is 0 Å². The number of carbonyl (C=O) groups is 1. The van der Waals surface area contributed by atoms with E-state index >= 15 is 0 Å². The Morgan fingerprint density at radius 1 is 1.14 bits per heavy atom. The van der Waals surface area contributed by atoms with Gasteiger partial charge in [-0.2, -0.15) is 0 Å². The predicted octanol–water partition coefficient (Wildman–Crippen LogP) is 4.60. The van der Waals surface area contributed by atoms with E-state index < -0.39 is 5.97 Å². The lowest BCUT2D eigenvalue weighted by Gasteiger charge is -2.05. The van der Waals surface area contributed by atoms with Crippen molar-refractivity contribution in [1.29, 1.82) is 0 Å². The van der Waals surface area contributed by atoms with Crippen LogP contribution in [0.4, 0.5) is 0 Å². The highest BCUT2D eigenvalue weighted by Gasteiger charge is 2.14. The third-order valence-electron chi connectivity index (χ3n) is 3.16. The lowest BCUT2D eigenvalue weighted by atomic mass is 10.0. The van der Waals surface area contributed by atoms with Crippen LogP contribution in [0.2, 0.25) is 5.02 Å². The van der Waals surface area contributed by atoms with E-state index in [1.54, 1.807) is 18.4 Å². The number of carboxylic acids is 1. The summed E-state index contributed by atoms with van der Waals surface area (Å²) in [5, 5.41) is 11.4.